The van der Waals surface area contributed by atoms with Crippen molar-refractivity contribution in [1.82, 2.24) is 25.3 Å². The Morgan fingerprint density at radius 2 is 1.91 bits per heavy atom. The molecule has 2 aromatic heterocycles. The minimum Gasteiger partial charge on any atom is -0.468 e. The van der Waals surface area contributed by atoms with E-state index in [1.807, 2.05) is 23.0 Å². The summed E-state index contributed by atoms with van der Waals surface area (Å²) in [7, 11) is 0. The molecule has 1 saturated heterocycles. The van der Waals surface area contributed by atoms with Gasteiger partial charge >= 0.3 is 0 Å². The van der Waals surface area contributed by atoms with Crippen LogP contribution in [0.3, 0.4) is 0 Å². The number of aliphatic imine (C=N–C) groups is 1. The van der Waals surface area contributed by atoms with Gasteiger partial charge in [0.1, 0.15) is 5.76 Å². The van der Waals surface area contributed by atoms with Gasteiger partial charge in [-0.15, -0.1) is 24.0 Å². The Balaban J connectivity index is 0.00000289. The maximum Gasteiger partial charge on any atom is 0.191 e. The van der Waals surface area contributed by atoms with Crippen LogP contribution in [-0.2, 0) is 13.1 Å². The molecule has 0 saturated carbocycles. The molecule has 1 unspecified atom stereocenters. The lowest BCUT2D eigenvalue weighted by Crippen LogP contribution is -2.42. The van der Waals surface area contributed by atoms with Crippen LogP contribution in [0, 0.1) is 0 Å². The number of benzene rings is 1. The van der Waals surface area contributed by atoms with E-state index in [0.717, 1.165) is 50.0 Å². The van der Waals surface area contributed by atoms with Crippen molar-refractivity contribution in [2.24, 2.45) is 4.99 Å². The molecule has 1 fully saturated rings. The van der Waals surface area contributed by atoms with E-state index in [1.54, 1.807) is 6.26 Å². The second kappa shape index (κ2) is 12.6. The molecule has 172 valence electrons. The topological polar surface area (TPSA) is 70.6 Å². The zero-order valence-electron chi connectivity index (χ0n) is 18.6. The highest BCUT2D eigenvalue weighted by atomic mass is 127. The third-order valence-corrected chi connectivity index (χ3v) is 5.55. The molecular weight excluding hydrogens is 515 g/mol. The van der Waals surface area contributed by atoms with Gasteiger partial charge in [-0.05, 0) is 50.6 Å². The maximum atomic E-state index is 5.73. The summed E-state index contributed by atoms with van der Waals surface area (Å²) in [4.78, 5) is 7.27. The average molecular weight is 548 g/mol. The Morgan fingerprint density at radius 3 is 2.62 bits per heavy atom. The van der Waals surface area contributed by atoms with Crippen LogP contribution in [0.1, 0.15) is 42.7 Å². The molecule has 0 radical (unpaired) electrons. The molecule has 4 rings (SSSR count). The van der Waals surface area contributed by atoms with E-state index in [1.165, 1.54) is 18.4 Å². The quantitative estimate of drug-likeness (QED) is 0.240. The molecule has 1 aromatic carbocycles. The second-order valence-electron chi connectivity index (χ2n) is 7.88. The van der Waals surface area contributed by atoms with Crippen molar-refractivity contribution in [3.05, 3.63) is 78.0 Å². The molecule has 1 aliphatic heterocycles. The van der Waals surface area contributed by atoms with Crippen LogP contribution < -0.4 is 10.6 Å². The summed E-state index contributed by atoms with van der Waals surface area (Å²) in [5, 5.41) is 11.3. The SMILES string of the molecule is CCNC(=NCc1cnn(Cc2ccccc2)c1)NCC(c1ccco1)N1CCCC1.I. The number of hydrogen-bond donors (Lipinski definition) is 2. The first-order valence-corrected chi connectivity index (χ1v) is 11.2. The van der Waals surface area contributed by atoms with Gasteiger partial charge in [-0.2, -0.15) is 5.10 Å². The largest absolute Gasteiger partial charge is 0.468 e. The summed E-state index contributed by atoms with van der Waals surface area (Å²) in [5.41, 5.74) is 2.33. The normalized spacial score (nSPS) is 15.3. The highest BCUT2D eigenvalue weighted by Gasteiger charge is 2.25. The first-order chi connectivity index (χ1) is 15.3. The lowest BCUT2D eigenvalue weighted by Gasteiger charge is -2.26. The molecule has 7 nitrogen and oxygen atoms in total. The van der Waals surface area contributed by atoms with E-state index in [9.17, 15) is 0 Å². The van der Waals surface area contributed by atoms with Crippen LogP contribution in [0.15, 0.2) is 70.5 Å². The molecule has 0 aliphatic carbocycles. The summed E-state index contributed by atoms with van der Waals surface area (Å²) >= 11 is 0. The van der Waals surface area contributed by atoms with Crippen molar-refractivity contribution in [3.63, 3.8) is 0 Å². The number of furan rings is 1. The van der Waals surface area contributed by atoms with Gasteiger partial charge in [0.2, 0.25) is 0 Å². The lowest BCUT2D eigenvalue weighted by atomic mass is 10.2. The van der Waals surface area contributed by atoms with E-state index in [2.05, 4.69) is 64.1 Å². The average Bonchev–Trinajstić information content (AvgIpc) is 3.56. The summed E-state index contributed by atoms with van der Waals surface area (Å²) in [6, 6.07) is 14.6. The number of halogens is 1. The van der Waals surface area contributed by atoms with E-state index in [4.69, 9.17) is 9.41 Å². The zero-order valence-corrected chi connectivity index (χ0v) is 20.9. The van der Waals surface area contributed by atoms with E-state index < -0.39 is 0 Å². The number of likely N-dealkylation sites (tertiary alicyclic amines) is 1. The molecule has 0 amide bonds. The standard InChI is InChI=1S/C24H32N6O.HI/c1-2-25-24(27-17-22(23-11-8-14-31-23)29-12-6-7-13-29)26-15-21-16-28-30(19-21)18-20-9-4-3-5-10-20;/h3-5,8-11,14,16,19,22H,2,6-7,12-13,15,17-18H2,1H3,(H2,25,26,27);1H. The summed E-state index contributed by atoms with van der Waals surface area (Å²) in [6.07, 6.45) is 8.21. The van der Waals surface area contributed by atoms with Gasteiger partial charge in [0.15, 0.2) is 5.96 Å². The predicted molar refractivity (Wildman–Crippen MR) is 138 cm³/mol. The predicted octanol–water partition coefficient (Wildman–Crippen LogP) is 4.03. The molecule has 1 atom stereocenters. The molecule has 32 heavy (non-hydrogen) atoms. The molecule has 3 aromatic rings. The number of guanidine groups is 1. The van der Waals surface area contributed by atoms with Crippen LogP contribution in [0.25, 0.3) is 0 Å². The Morgan fingerprint density at radius 1 is 1.09 bits per heavy atom. The summed E-state index contributed by atoms with van der Waals surface area (Å²) < 4.78 is 7.69. The van der Waals surface area contributed by atoms with Gasteiger partial charge in [0.25, 0.3) is 0 Å². The first kappa shape index (κ1) is 24.3. The van der Waals surface area contributed by atoms with Crippen LogP contribution in [0.5, 0.6) is 0 Å². The number of nitrogens with one attached hydrogen (secondary N) is 2. The number of nitrogens with zero attached hydrogens (tertiary/aromatic N) is 4. The second-order valence-corrected chi connectivity index (χ2v) is 7.88. The van der Waals surface area contributed by atoms with Gasteiger partial charge in [0, 0.05) is 24.8 Å². The number of rotatable bonds is 9. The molecule has 0 spiro atoms. The first-order valence-electron chi connectivity index (χ1n) is 11.2. The zero-order chi connectivity index (χ0) is 21.3. The minimum atomic E-state index is 0. The Hall–Kier alpha value is -2.33. The van der Waals surface area contributed by atoms with Crippen molar-refractivity contribution >= 4 is 29.9 Å². The van der Waals surface area contributed by atoms with Crippen molar-refractivity contribution in [1.29, 1.82) is 0 Å². The maximum absolute atomic E-state index is 5.73. The minimum absolute atomic E-state index is 0. The van der Waals surface area contributed by atoms with Gasteiger partial charge in [-0.1, -0.05) is 30.3 Å². The number of aromatic nitrogens is 2. The van der Waals surface area contributed by atoms with Gasteiger partial charge in [-0.3, -0.25) is 9.58 Å². The molecule has 0 bridgehead atoms. The monoisotopic (exact) mass is 548 g/mol. The molecule has 8 heteroatoms. The van der Waals surface area contributed by atoms with Gasteiger partial charge in [0.05, 0.1) is 31.6 Å². The fourth-order valence-corrected chi connectivity index (χ4v) is 3.99. The fourth-order valence-electron chi connectivity index (χ4n) is 3.99. The third kappa shape index (κ3) is 6.83. The highest BCUT2D eigenvalue weighted by Crippen LogP contribution is 2.24. The third-order valence-electron chi connectivity index (χ3n) is 5.55. The Kier molecular flexibility index (Phi) is 9.61. The van der Waals surface area contributed by atoms with Crippen molar-refractivity contribution in [2.45, 2.75) is 38.9 Å². The van der Waals surface area contributed by atoms with E-state index in [-0.39, 0.29) is 30.0 Å². The van der Waals surface area contributed by atoms with E-state index >= 15 is 0 Å². The summed E-state index contributed by atoms with van der Waals surface area (Å²) in [5.74, 6) is 1.82. The van der Waals surface area contributed by atoms with Crippen molar-refractivity contribution in [3.8, 4) is 0 Å². The van der Waals surface area contributed by atoms with Crippen LogP contribution >= 0.6 is 24.0 Å². The Bertz CT molecular complexity index is 935. The van der Waals surface area contributed by atoms with Crippen molar-refractivity contribution in [2.75, 3.05) is 26.2 Å². The lowest BCUT2D eigenvalue weighted by molar-refractivity contribution is 0.215. The Labute approximate surface area is 207 Å². The smallest absolute Gasteiger partial charge is 0.191 e. The van der Waals surface area contributed by atoms with Gasteiger partial charge < -0.3 is 15.1 Å². The fraction of sp³-hybridized carbons (Fsp3) is 0.417. The molecule has 2 N–H and O–H groups in total. The van der Waals surface area contributed by atoms with Crippen LogP contribution in [0.4, 0.5) is 0 Å². The summed E-state index contributed by atoms with van der Waals surface area (Å²) in [6.45, 7) is 7.23. The van der Waals surface area contributed by atoms with E-state index in [0.29, 0.717) is 6.54 Å². The van der Waals surface area contributed by atoms with Crippen LogP contribution in [0.2, 0.25) is 0 Å². The van der Waals surface area contributed by atoms with Crippen molar-refractivity contribution < 1.29 is 4.42 Å². The van der Waals surface area contributed by atoms with Gasteiger partial charge in [-0.25, -0.2) is 4.99 Å². The van der Waals surface area contributed by atoms with Crippen LogP contribution in [-0.4, -0.2) is 46.8 Å². The highest BCUT2D eigenvalue weighted by molar-refractivity contribution is 14.0. The molecular formula is C24H33IN6O. The molecule has 1 aliphatic rings. The number of hydrogen-bond acceptors (Lipinski definition) is 4. The molecule has 3 heterocycles.